The van der Waals surface area contributed by atoms with Crippen molar-refractivity contribution in [2.45, 2.75) is 0 Å². The molecular formula is C12H7BrFN3. The van der Waals surface area contributed by atoms with E-state index in [1.54, 1.807) is 6.07 Å². The molecule has 0 saturated carbocycles. The van der Waals surface area contributed by atoms with E-state index in [1.807, 2.05) is 18.2 Å². The van der Waals surface area contributed by atoms with Gasteiger partial charge >= 0.3 is 0 Å². The van der Waals surface area contributed by atoms with Gasteiger partial charge in [-0.3, -0.25) is 5.10 Å². The van der Waals surface area contributed by atoms with Crippen molar-refractivity contribution in [1.29, 1.82) is 0 Å². The molecule has 0 unspecified atom stereocenters. The summed E-state index contributed by atoms with van der Waals surface area (Å²) in [6.07, 6.45) is 1.43. The number of rotatable bonds is 1. The first kappa shape index (κ1) is 10.4. The minimum Gasteiger partial charge on any atom is -0.277 e. The first-order valence-electron chi connectivity index (χ1n) is 4.99. The van der Waals surface area contributed by atoms with E-state index in [0.29, 0.717) is 5.56 Å². The third kappa shape index (κ3) is 1.82. The second kappa shape index (κ2) is 3.92. The number of aromatic amines is 1. The summed E-state index contributed by atoms with van der Waals surface area (Å²) in [5, 5.41) is 8.09. The third-order valence-corrected chi connectivity index (χ3v) is 3.02. The molecular weight excluding hydrogens is 285 g/mol. The van der Waals surface area contributed by atoms with Crippen molar-refractivity contribution >= 4 is 26.8 Å². The fourth-order valence-electron chi connectivity index (χ4n) is 1.76. The van der Waals surface area contributed by atoms with Crippen LogP contribution in [0.3, 0.4) is 0 Å². The molecule has 0 spiro atoms. The molecule has 0 atom stereocenters. The van der Waals surface area contributed by atoms with Gasteiger partial charge < -0.3 is 0 Å². The van der Waals surface area contributed by atoms with Crippen molar-refractivity contribution in [3.05, 3.63) is 46.9 Å². The van der Waals surface area contributed by atoms with Crippen molar-refractivity contribution in [1.82, 2.24) is 15.2 Å². The van der Waals surface area contributed by atoms with Crippen LogP contribution in [0.15, 0.2) is 41.0 Å². The van der Waals surface area contributed by atoms with Crippen LogP contribution in [0, 0.1) is 5.95 Å². The molecule has 0 radical (unpaired) electrons. The lowest BCUT2D eigenvalue weighted by Gasteiger charge is -1.97. The van der Waals surface area contributed by atoms with Crippen molar-refractivity contribution in [2.24, 2.45) is 0 Å². The summed E-state index contributed by atoms with van der Waals surface area (Å²) in [5.41, 5.74) is 2.35. The molecule has 84 valence electrons. The number of nitrogens with zero attached hydrogens (tertiary/aromatic N) is 2. The number of hydrogen-bond donors (Lipinski definition) is 1. The molecule has 0 fully saturated rings. The number of benzene rings is 1. The number of pyridine rings is 1. The number of halogens is 2. The Morgan fingerprint density at radius 1 is 1.18 bits per heavy atom. The monoisotopic (exact) mass is 291 g/mol. The standard InChI is InChI=1S/C12H7BrFN3/c13-8-1-2-9-10(6-8)16-17-12(9)7-3-4-15-11(14)5-7/h1-6H,(H,16,17). The maximum absolute atomic E-state index is 13.1. The Balaban J connectivity index is 2.24. The molecule has 1 N–H and O–H groups in total. The van der Waals surface area contributed by atoms with Crippen LogP contribution in [0.1, 0.15) is 0 Å². The summed E-state index contributed by atoms with van der Waals surface area (Å²) < 4.78 is 14.0. The van der Waals surface area contributed by atoms with E-state index in [2.05, 4.69) is 31.1 Å². The Kier molecular flexibility index (Phi) is 2.40. The minimum absolute atomic E-state index is 0.504. The number of H-pyrrole nitrogens is 1. The molecule has 0 saturated heterocycles. The van der Waals surface area contributed by atoms with Crippen LogP contribution in [0.4, 0.5) is 4.39 Å². The van der Waals surface area contributed by atoms with Gasteiger partial charge in [0.15, 0.2) is 0 Å². The predicted molar refractivity (Wildman–Crippen MR) is 67.0 cm³/mol. The molecule has 0 aliphatic rings. The van der Waals surface area contributed by atoms with Crippen LogP contribution in [0.2, 0.25) is 0 Å². The summed E-state index contributed by atoms with van der Waals surface area (Å²) >= 11 is 3.39. The zero-order chi connectivity index (χ0) is 11.8. The summed E-state index contributed by atoms with van der Waals surface area (Å²) in [4.78, 5) is 3.53. The lowest BCUT2D eigenvalue weighted by Crippen LogP contribution is -1.84. The second-order valence-corrected chi connectivity index (χ2v) is 4.55. The SMILES string of the molecule is Fc1cc(-c2n[nH]c3cc(Br)ccc23)ccn1. The van der Waals surface area contributed by atoms with Crippen LogP contribution in [-0.2, 0) is 0 Å². The van der Waals surface area contributed by atoms with Crippen molar-refractivity contribution in [3.63, 3.8) is 0 Å². The van der Waals surface area contributed by atoms with Gasteiger partial charge in [-0.05, 0) is 24.3 Å². The van der Waals surface area contributed by atoms with Gasteiger partial charge in [0.1, 0.15) is 5.69 Å². The van der Waals surface area contributed by atoms with Crippen LogP contribution in [0.5, 0.6) is 0 Å². The highest BCUT2D eigenvalue weighted by atomic mass is 79.9. The Bertz CT molecular complexity index is 693. The lowest BCUT2D eigenvalue weighted by atomic mass is 10.1. The fourth-order valence-corrected chi connectivity index (χ4v) is 2.12. The molecule has 3 rings (SSSR count). The summed E-state index contributed by atoms with van der Waals surface area (Å²) in [5.74, 6) is -0.504. The second-order valence-electron chi connectivity index (χ2n) is 3.63. The maximum Gasteiger partial charge on any atom is 0.213 e. The molecule has 2 heterocycles. The smallest absolute Gasteiger partial charge is 0.213 e. The van der Waals surface area contributed by atoms with Gasteiger partial charge in [-0.1, -0.05) is 15.9 Å². The van der Waals surface area contributed by atoms with E-state index < -0.39 is 5.95 Å². The molecule has 0 amide bonds. The van der Waals surface area contributed by atoms with Gasteiger partial charge in [-0.25, -0.2) is 4.98 Å². The molecule has 2 aromatic heterocycles. The molecule has 5 heteroatoms. The van der Waals surface area contributed by atoms with Gasteiger partial charge in [-0.2, -0.15) is 9.49 Å². The Morgan fingerprint density at radius 2 is 2.06 bits per heavy atom. The normalized spacial score (nSPS) is 10.9. The van der Waals surface area contributed by atoms with Crippen molar-refractivity contribution in [2.75, 3.05) is 0 Å². The van der Waals surface area contributed by atoms with Gasteiger partial charge in [-0.15, -0.1) is 0 Å². The largest absolute Gasteiger partial charge is 0.277 e. The molecule has 0 aliphatic carbocycles. The summed E-state index contributed by atoms with van der Waals surface area (Å²) in [7, 11) is 0. The lowest BCUT2D eigenvalue weighted by molar-refractivity contribution is 0.584. The average Bonchev–Trinajstić information content (AvgIpc) is 2.71. The maximum atomic E-state index is 13.1. The van der Waals surface area contributed by atoms with E-state index in [1.165, 1.54) is 12.3 Å². The van der Waals surface area contributed by atoms with Crippen LogP contribution in [0.25, 0.3) is 22.2 Å². The molecule has 1 aromatic carbocycles. The molecule has 0 aliphatic heterocycles. The third-order valence-electron chi connectivity index (χ3n) is 2.52. The van der Waals surface area contributed by atoms with E-state index in [4.69, 9.17) is 0 Å². The van der Waals surface area contributed by atoms with Crippen molar-refractivity contribution < 1.29 is 4.39 Å². The van der Waals surface area contributed by atoms with Crippen molar-refractivity contribution in [3.8, 4) is 11.3 Å². The van der Waals surface area contributed by atoms with E-state index in [9.17, 15) is 4.39 Å². The van der Waals surface area contributed by atoms with Crippen LogP contribution < -0.4 is 0 Å². The number of hydrogen-bond acceptors (Lipinski definition) is 2. The molecule has 17 heavy (non-hydrogen) atoms. The predicted octanol–water partition coefficient (Wildman–Crippen LogP) is 3.53. The number of fused-ring (bicyclic) bond motifs is 1. The number of aromatic nitrogens is 3. The highest BCUT2D eigenvalue weighted by Crippen LogP contribution is 2.27. The van der Waals surface area contributed by atoms with E-state index in [0.717, 1.165) is 21.1 Å². The fraction of sp³-hybridized carbons (Fsp3) is 0. The molecule has 0 bridgehead atoms. The van der Waals surface area contributed by atoms with Crippen LogP contribution in [-0.4, -0.2) is 15.2 Å². The number of nitrogens with one attached hydrogen (secondary N) is 1. The minimum atomic E-state index is -0.504. The quantitative estimate of drug-likeness (QED) is 0.697. The molecule has 3 aromatic rings. The summed E-state index contributed by atoms with van der Waals surface area (Å²) in [6.45, 7) is 0. The highest BCUT2D eigenvalue weighted by molar-refractivity contribution is 9.10. The first-order chi connectivity index (χ1) is 8.24. The average molecular weight is 292 g/mol. The first-order valence-corrected chi connectivity index (χ1v) is 5.79. The van der Waals surface area contributed by atoms with E-state index in [-0.39, 0.29) is 0 Å². The summed E-state index contributed by atoms with van der Waals surface area (Å²) in [6, 6.07) is 8.91. The Morgan fingerprint density at radius 3 is 2.88 bits per heavy atom. The molecule has 3 nitrogen and oxygen atoms in total. The van der Waals surface area contributed by atoms with Gasteiger partial charge in [0.2, 0.25) is 5.95 Å². The van der Waals surface area contributed by atoms with Gasteiger partial charge in [0.05, 0.1) is 5.52 Å². The van der Waals surface area contributed by atoms with Gasteiger partial charge in [0.25, 0.3) is 0 Å². The topological polar surface area (TPSA) is 41.6 Å². The van der Waals surface area contributed by atoms with Crippen LogP contribution >= 0.6 is 15.9 Å². The van der Waals surface area contributed by atoms with Gasteiger partial charge in [0, 0.05) is 27.7 Å². The zero-order valence-corrected chi connectivity index (χ0v) is 10.2. The Hall–Kier alpha value is -1.75. The Labute approximate surface area is 105 Å². The highest BCUT2D eigenvalue weighted by Gasteiger charge is 2.09. The zero-order valence-electron chi connectivity index (χ0n) is 8.61. The van der Waals surface area contributed by atoms with E-state index >= 15 is 0 Å².